The highest BCUT2D eigenvalue weighted by Gasteiger charge is 2.69. The number of fused-ring (bicyclic) bond motifs is 1. The summed E-state index contributed by atoms with van der Waals surface area (Å²) in [5.74, 6) is 2.99. The van der Waals surface area contributed by atoms with Crippen LogP contribution in [-0.2, 0) is 9.31 Å². The van der Waals surface area contributed by atoms with Gasteiger partial charge >= 0.3 is 7.12 Å². The highest BCUT2D eigenvalue weighted by molar-refractivity contribution is 8.35. The maximum Gasteiger partial charge on any atom is 0.478 e. The van der Waals surface area contributed by atoms with E-state index in [1.165, 1.54) is 12.0 Å². The van der Waals surface area contributed by atoms with Crippen LogP contribution in [0, 0.1) is 17.3 Å². The molecule has 3 aliphatic carbocycles. The summed E-state index contributed by atoms with van der Waals surface area (Å²) in [7, 11) is -1.14. The first-order valence-electron chi connectivity index (χ1n) is 11.6. The molecular weight excluding hydrogens is 425 g/mol. The van der Waals surface area contributed by atoms with Gasteiger partial charge in [0.15, 0.2) is 0 Å². The minimum Gasteiger partial charge on any atom is -0.493 e. The van der Waals surface area contributed by atoms with E-state index in [0.29, 0.717) is 17.3 Å². The molecule has 4 fully saturated rings. The molecule has 1 aromatic carbocycles. The van der Waals surface area contributed by atoms with E-state index in [1.54, 1.807) is 0 Å². The van der Waals surface area contributed by atoms with Crippen molar-refractivity contribution < 1.29 is 14.0 Å². The van der Waals surface area contributed by atoms with E-state index >= 15 is 0 Å². The summed E-state index contributed by atoms with van der Waals surface area (Å²) < 4.78 is 22.4. The Morgan fingerprint density at radius 3 is 2.61 bits per heavy atom. The molecule has 0 amide bonds. The van der Waals surface area contributed by atoms with Crippen molar-refractivity contribution in [3.8, 4) is 5.75 Å². The molecule has 0 aromatic heterocycles. The molecule has 7 heteroatoms. The molecule has 1 saturated heterocycles. The third kappa shape index (κ3) is 3.49. The second-order valence-electron chi connectivity index (χ2n) is 11.4. The Bertz CT molecular complexity index is 846. The fraction of sp³-hybridized carbons (Fsp3) is 0.750. The van der Waals surface area contributed by atoms with E-state index in [0.717, 1.165) is 31.1 Å². The van der Waals surface area contributed by atoms with Crippen LogP contribution < -0.4 is 4.74 Å². The van der Waals surface area contributed by atoms with Gasteiger partial charge < -0.3 is 14.0 Å². The molecule has 6 rings (SSSR count). The standard InChI is InChI=1S/C24H38BNO3S2/c1-23(2)17-13-20(23)24(3)21(14-17)28-25(29-24)22(26(30-4)31(5,6)7)12-16-15-27-19-11-9-8-10-18(16)19/h8-11,16-17,20-22H,12-15H2,1-7H3/t16?,17-,20-,21+,22-,24-/m0/s1. The smallest absolute Gasteiger partial charge is 0.478 e. The van der Waals surface area contributed by atoms with Crippen molar-refractivity contribution in [1.82, 2.24) is 3.71 Å². The van der Waals surface area contributed by atoms with Crippen LogP contribution in [0.15, 0.2) is 24.3 Å². The topological polar surface area (TPSA) is 30.9 Å². The Kier molecular flexibility index (Phi) is 5.50. The minimum atomic E-state index is -0.954. The number of para-hydroxylation sites is 1. The molecule has 31 heavy (non-hydrogen) atoms. The number of hydrogen-bond donors (Lipinski definition) is 0. The average molecular weight is 464 g/mol. The van der Waals surface area contributed by atoms with Crippen molar-refractivity contribution in [3.63, 3.8) is 0 Å². The summed E-state index contributed by atoms with van der Waals surface area (Å²) >= 11 is 1.85. The molecule has 2 heterocycles. The predicted octanol–water partition coefficient (Wildman–Crippen LogP) is 5.38. The summed E-state index contributed by atoms with van der Waals surface area (Å²) in [6.45, 7) is 7.95. The molecule has 4 nitrogen and oxygen atoms in total. The van der Waals surface area contributed by atoms with Crippen LogP contribution in [0.5, 0.6) is 5.75 Å². The molecule has 3 saturated carbocycles. The van der Waals surface area contributed by atoms with Crippen molar-refractivity contribution in [1.29, 1.82) is 0 Å². The lowest BCUT2D eigenvalue weighted by Gasteiger charge is -2.64. The van der Waals surface area contributed by atoms with Crippen molar-refractivity contribution in [3.05, 3.63) is 29.8 Å². The van der Waals surface area contributed by atoms with Crippen LogP contribution in [0.4, 0.5) is 0 Å². The Balaban J connectivity index is 1.43. The van der Waals surface area contributed by atoms with Crippen LogP contribution in [0.25, 0.3) is 0 Å². The molecular formula is C24H38BNO3S2. The van der Waals surface area contributed by atoms with Gasteiger partial charge in [-0.1, -0.05) is 44.0 Å². The van der Waals surface area contributed by atoms with Gasteiger partial charge in [0.1, 0.15) is 5.75 Å². The lowest BCUT2D eigenvalue weighted by atomic mass is 9.43. The lowest BCUT2D eigenvalue weighted by molar-refractivity contribution is -0.199. The Labute approximate surface area is 194 Å². The molecule has 2 bridgehead atoms. The van der Waals surface area contributed by atoms with E-state index in [-0.39, 0.29) is 24.8 Å². The van der Waals surface area contributed by atoms with Gasteiger partial charge in [0.25, 0.3) is 0 Å². The van der Waals surface area contributed by atoms with Gasteiger partial charge in [-0.25, -0.2) is 3.71 Å². The molecule has 0 spiro atoms. The summed E-state index contributed by atoms with van der Waals surface area (Å²) in [6, 6.07) is 8.52. The largest absolute Gasteiger partial charge is 0.493 e. The van der Waals surface area contributed by atoms with Gasteiger partial charge in [-0.2, -0.15) is 10.2 Å². The third-order valence-electron chi connectivity index (χ3n) is 8.60. The molecule has 0 radical (unpaired) electrons. The first-order valence-corrected chi connectivity index (χ1v) is 15.6. The number of hydrogen-bond acceptors (Lipinski definition) is 5. The molecule has 2 aliphatic heterocycles. The summed E-state index contributed by atoms with van der Waals surface area (Å²) in [6.07, 6.45) is 13.0. The maximum absolute atomic E-state index is 6.97. The van der Waals surface area contributed by atoms with E-state index in [4.69, 9.17) is 14.0 Å². The van der Waals surface area contributed by atoms with Crippen LogP contribution in [0.2, 0.25) is 0 Å². The number of benzene rings is 1. The molecule has 0 N–H and O–H groups in total. The summed E-state index contributed by atoms with van der Waals surface area (Å²) in [5.41, 5.74) is 1.54. The lowest BCUT2D eigenvalue weighted by Crippen LogP contribution is -2.65. The second-order valence-corrected chi connectivity index (χ2v) is 16.4. The molecule has 1 unspecified atom stereocenters. The average Bonchev–Trinajstić information content (AvgIpc) is 3.26. The predicted molar refractivity (Wildman–Crippen MR) is 134 cm³/mol. The minimum absolute atomic E-state index is 0.164. The van der Waals surface area contributed by atoms with E-state index in [1.807, 2.05) is 11.9 Å². The highest BCUT2D eigenvalue weighted by Crippen LogP contribution is 2.66. The molecule has 5 aliphatic rings. The van der Waals surface area contributed by atoms with Gasteiger partial charge in [-0.3, -0.25) is 0 Å². The summed E-state index contributed by atoms with van der Waals surface area (Å²) in [5, 5.41) is 0. The van der Waals surface area contributed by atoms with E-state index < -0.39 is 10.2 Å². The van der Waals surface area contributed by atoms with Crippen molar-refractivity contribution >= 4 is 29.3 Å². The monoisotopic (exact) mass is 463 g/mol. The number of rotatable bonds is 6. The first kappa shape index (κ1) is 22.5. The van der Waals surface area contributed by atoms with Gasteiger partial charge in [0.05, 0.1) is 24.3 Å². The van der Waals surface area contributed by atoms with Gasteiger partial charge in [0.2, 0.25) is 0 Å². The number of ether oxygens (including phenoxy) is 1. The third-order valence-corrected chi connectivity index (χ3v) is 12.4. The van der Waals surface area contributed by atoms with Gasteiger partial charge in [0, 0.05) is 11.5 Å². The van der Waals surface area contributed by atoms with Crippen LogP contribution in [0.3, 0.4) is 0 Å². The maximum atomic E-state index is 6.97. The highest BCUT2D eigenvalue weighted by atomic mass is 32.3. The van der Waals surface area contributed by atoms with Crippen LogP contribution in [-0.4, -0.2) is 60.1 Å². The quantitative estimate of drug-likeness (QED) is 0.418. The Hall–Kier alpha value is -0.335. The zero-order valence-corrected chi connectivity index (χ0v) is 21.7. The number of nitrogens with zero attached hydrogens (tertiary/aromatic N) is 1. The molecule has 172 valence electrons. The van der Waals surface area contributed by atoms with Gasteiger partial charge in [-0.05, 0) is 74.5 Å². The van der Waals surface area contributed by atoms with Crippen LogP contribution >= 0.6 is 22.2 Å². The Morgan fingerprint density at radius 2 is 1.94 bits per heavy atom. The van der Waals surface area contributed by atoms with Crippen LogP contribution in [0.1, 0.15) is 51.5 Å². The molecule has 1 aromatic rings. The van der Waals surface area contributed by atoms with E-state index in [9.17, 15) is 0 Å². The fourth-order valence-corrected chi connectivity index (χ4v) is 10.1. The van der Waals surface area contributed by atoms with E-state index in [2.05, 4.69) is 73.8 Å². The van der Waals surface area contributed by atoms with Crippen molar-refractivity contribution in [2.45, 2.75) is 63.6 Å². The SMILES string of the molecule is CSN([C@@H](CC1COc2ccccc21)B1O[C@@H]2C[C@@H]3C[C@@H](C3(C)C)[C@]2(C)O1)S(C)(C)C. The zero-order chi connectivity index (χ0) is 22.2. The second kappa shape index (κ2) is 7.59. The zero-order valence-electron chi connectivity index (χ0n) is 20.1. The summed E-state index contributed by atoms with van der Waals surface area (Å²) in [4.78, 5) is 0. The first-order chi connectivity index (χ1) is 14.6. The fourth-order valence-electron chi connectivity index (χ4n) is 6.84. The normalized spacial score (nSPS) is 37.1. The van der Waals surface area contributed by atoms with Crippen molar-refractivity contribution in [2.75, 3.05) is 31.6 Å². The molecule has 6 atom stereocenters. The van der Waals surface area contributed by atoms with Gasteiger partial charge in [-0.15, -0.1) is 0 Å². The van der Waals surface area contributed by atoms with Crippen molar-refractivity contribution in [2.24, 2.45) is 17.3 Å². The Morgan fingerprint density at radius 1 is 1.19 bits per heavy atom.